The topological polar surface area (TPSA) is 29.5 Å². The van der Waals surface area contributed by atoms with Crippen molar-refractivity contribution in [3.05, 3.63) is 34.9 Å². The van der Waals surface area contributed by atoms with Crippen LogP contribution in [-0.2, 0) is 4.74 Å². The minimum atomic E-state index is -0.0189. The monoisotopic (exact) mass is 370 g/mol. The molecule has 2 heteroatoms. The van der Waals surface area contributed by atoms with Crippen molar-refractivity contribution in [3.8, 4) is 0 Å². The normalized spacial score (nSPS) is 34.8. The van der Waals surface area contributed by atoms with Crippen LogP contribution >= 0.6 is 0 Å². The van der Waals surface area contributed by atoms with E-state index in [-0.39, 0.29) is 6.10 Å². The number of ether oxygens (including phenoxy) is 1. The highest BCUT2D eigenvalue weighted by Gasteiger charge is 2.48. The third-order valence-electron chi connectivity index (χ3n) is 8.01. The van der Waals surface area contributed by atoms with Crippen LogP contribution in [0.5, 0.6) is 0 Å². The standard InChI is InChI=1S/C25H38O2/c1-17-8-9-19-20-10-11-22-21(12-13-25(22)26)24(20)16-18(23(19)15-17)7-5-3-4-6-14-27-2/h8-9,15,18,20-22,24-26H,3-7,10-14,16H2,1-2H3. The molecule has 0 spiro atoms. The molecular weight excluding hydrogens is 332 g/mol. The van der Waals surface area contributed by atoms with E-state index in [1.54, 1.807) is 18.2 Å². The van der Waals surface area contributed by atoms with Crippen molar-refractivity contribution in [2.75, 3.05) is 13.7 Å². The molecule has 2 saturated carbocycles. The lowest BCUT2D eigenvalue weighted by Gasteiger charge is -2.47. The van der Waals surface area contributed by atoms with Gasteiger partial charge in [-0.25, -0.2) is 0 Å². The van der Waals surface area contributed by atoms with Gasteiger partial charge in [-0.3, -0.25) is 0 Å². The fourth-order valence-electron chi connectivity index (χ4n) is 6.73. The van der Waals surface area contributed by atoms with E-state index >= 15 is 0 Å². The lowest BCUT2D eigenvalue weighted by Crippen LogP contribution is -2.37. The largest absolute Gasteiger partial charge is 0.393 e. The Hall–Kier alpha value is -0.860. The summed E-state index contributed by atoms with van der Waals surface area (Å²) < 4.78 is 5.19. The molecule has 0 bridgehead atoms. The van der Waals surface area contributed by atoms with Crippen LogP contribution in [0.2, 0.25) is 0 Å². The van der Waals surface area contributed by atoms with Crippen molar-refractivity contribution in [1.29, 1.82) is 0 Å². The Morgan fingerprint density at radius 3 is 2.59 bits per heavy atom. The number of fused-ring (bicyclic) bond motifs is 5. The number of hydrogen-bond donors (Lipinski definition) is 1. The zero-order valence-electron chi connectivity index (χ0n) is 17.3. The summed E-state index contributed by atoms with van der Waals surface area (Å²) in [4.78, 5) is 0. The molecule has 6 atom stereocenters. The van der Waals surface area contributed by atoms with E-state index in [4.69, 9.17) is 4.74 Å². The first-order valence-electron chi connectivity index (χ1n) is 11.5. The highest BCUT2D eigenvalue weighted by atomic mass is 16.5. The van der Waals surface area contributed by atoms with Crippen LogP contribution < -0.4 is 0 Å². The number of benzene rings is 1. The van der Waals surface area contributed by atoms with E-state index in [1.807, 2.05) is 0 Å². The Bertz CT molecular complexity index is 625. The highest BCUT2D eigenvalue weighted by molar-refractivity contribution is 5.40. The minimum absolute atomic E-state index is 0.0189. The third kappa shape index (κ3) is 3.98. The van der Waals surface area contributed by atoms with E-state index in [2.05, 4.69) is 25.1 Å². The maximum Gasteiger partial charge on any atom is 0.0571 e. The van der Waals surface area contributed by atoms with Crippen molar-refractivity contribution in [2.24, 2.45) is 17.8 Å². The molecule has 27 heavy (non-hydrogen) atoms. The summed E-state index contributed by atoms with van der Waals surface area (Å²) >= 11 is 0. The molecule has 3 aliphatic carbocycles. The van der Waals surface area contributed by atoms with Gasteiger partial charge < -0.3 is 9.84 Å². The first kappa shape index (κ1) is 19.5. The van der Waals surface area contributed by atoms with E-state index in [9.17, 15) is 5.11 Å². The van der Waals surface area contributed by atoms with Crippen molar-refractivity contribution in [2.45, 2.75) is 89.1 Å². The van der Waals surface area contributed by atoms with Gasteiger partial charge in [0.25, 0.3) is 0 Å². The fourth-order valence-corrected chi connectivity index (χ4v) is 6.73. The second-order valence-electron chi connectivity index (χ2n) is 9.58. The van der Waals surface area contributed by atoms with Crippen molar-refractivity contribution >= 4 is 0 Å². The van der Waals surface area contributed by atoms with Gasteiger partial charge in [-0.1, -0.05) is 43.0 Å². The molecular formula is C25H38O2. The van der Waals surface area contributed by atoms with Gasteiger partial charge in [0.1, 0.15) is 0 Å². The number of hydrogen-bond acceptors (Lipinski definition) is 2. The zero-order valence-corrected chi connectivity index (χ0v) is 17.3. The maximum absolute atomic E-state index is 10.4. The van der Waals surface area contributed by atoms with Gasteiger partial charge in [-0.05, 0) is 92.6 Å². The molecule has 0 aromatic heterocycles. The SMILES string of the molecule is COCCCCCCC1CC2C(CCC3C(O)CCC32)c2ccc(C)cc21. The molecule has 1 N–H and O–H groups in total. The molecule has 0 saturated heterocycles. The van der Waals surface area contributed by atoms with Crippen molar-refractivity contribution in [1.82, 2.24) is 0 Å². The molecule has 2 fully saturated rings. The van der Waals surface area contributed by atoms with Gasteiger partial charge in [0, 0.05) is 13.7 Å². The van der Waals surface area contributed by atoms with Crippen molar-refractivity contribution in [3.63, 3.8) is 0 Å². The van der Waals surface area contributed by atoms with E-state index in [0.29, 0.717) is 5.92 Å². The van der Waals surface area contributed by atoms with E-state index < -0.39 is 0 Å². The molecule has 6 unspecified atom stereocenters. The number of aliphatic hydroxyl groups excluding tert-OH is 1. The summed E-state index contributed by atoms with van der Waals surface area (Å²) in [6.45, 7) is 3.15. The average molecular weight is 371 g/mol. The molecule has 0 radical (unpaired) electrons. The molecule has 3 aliphatic rings. The molecule has 1 aromatic rings. The molecule has 2 nitrogen and oxygen atoms in total. The fraction of sp³-hybridized carbons (Fsp3) is 0.760. The number of rotatable bonds is 7. The van der Waals surface area contributed by atoms with Gasteiger partial charge in [0.05, 0.1) is 6.10 Å². The second kappa shape index (κ2) is 8.66. The molecule has 0 heterocycles. The summed E-state index contributed by atoms with van der Waals surface area (Å²) in [5, 5.41) is 10.4. The number of methoxy groups -OCH3 is 1. The molecule has 4 rings (SSSR count). The Morgan fingerprint density at radius 1 is 0.926 bits per heavy atom. The minimum Gasteiger partial charge on any atom is -0.393 e. The van der Waals surface area contributed by atoms with Gasteiger partial charge >= 0.3 is 0 Å². The smallest absolute Gasteiger partial charge is 0.0571 e. The van der Waals surface area contributed by atoms with Gasteiger partial charge in [0.2, 0.25) is 0 Å². The summed E-state index contributed by atoms with van der Waals surface area (Å²) in [5.74, 6) is 3.67. The second-order valence-corrected chi connectivity index (χ2v) is 9.58. The van der Waals surface area contributed by atoms with Gasteiger partial charge in [-0.2, -0.15) is 0 Å². The first-order valence-corrected chi connectivity index (χ1v) is 11.5. The van der Waals surface area contributed by atoms with Crippen LogP contribution in [0.25, 0.3) is 0 Å². The third-order valence-corrected chi connectivity index (χ3v) is 8.01. The van der Waals surface area contributed by atoms with Crippen LogP contribution in [0.15, 0.2) is 18.2 Å². The van der Waals surface area contributed by atoms with E-state index in [0.717, 1.165) is 36.7 Å². The Balaban J connectivity index is 1.49. The van der Waals surface area contributed by atoms with E-state index in [1.165, 1.54) is 63.4 Å². The molecule has 1 aromatic carbocycles. The van der Waals surface area contributed by atoms with Gasteiger partial charge in [-0.15, -0.1) is 0 Å². The summed E-state index contributed by atoms with van der Waals surface area (Å²) in [6, 6.07) is 7.29. The van der Waals surface area contributed by atoms with Crippen LogP contribution in [0.3, 0.4) is 0 Å². The molecule has 150 valence electrons. The highest BCUT2D eigenvalue weighted by Crippen LogP contribution is 2.58. The summed E-state index contributed by atoms with van der Waals surface area (Å²) in [5.41, 5.74) is 4.76. The molecule has 0 amide bonds. The predicted molar refractivity (Wildman–Crippen MR) is 111 cm³/mol. The first-order chi connectivity index (χ1) is 13.2. The number of unbranched alkanes of at least 4 members (excludes halogenated alkanes) is 3. The molecule has 0 aliphatic heterocycles. The van der Waals surface area contributed by atoms with Crippen LogP contribution in [0, 0.1) is 24.7 Å². The predicted octanol–water partition coefficient (Wildman–Crippen LogP) is 5.96. The summed E-state index contributed by atoms with van der Waals surface area (Å²) in [6.07, 6.45) is 12.7. The summed E-state index contributed by atoms with van der Waals surface area (Å²) in [7, 11) is 1.80. The van der Waals surface area contributed by atoms with Crippen molar-refractivity contribution < 1.29 is 9.84 Å². The lowest BCUT2D eigenvalue weighted by atomic mass is 9.58. The zero-order chi connectivity index (χ0) is 18.8. The average Bonchev–Trinajstić information content (AvgIpc) is 3.05. The van der Waals surface area contributed by atoms with Crippen LogP contribution in [0.4, 0.5) is 0 Å². The lowest BCUT2D eigenvalue weighted by molar-refractivity contribution is 0.0523. The van der Waals surface area contributed by atoms with Crippen LogP contribution in [-0.4, -0.2) is 24.9 Å². The Labute approximate surface area is 165 Å². The maximum atomic E-state index is 10.4. The van der Waals surface area contributed by atoms with Gasteiger partial charge in [0.15, 0.2) is 0 Å². The quantitative estimate of drug-likeness (QED) is 0.600. The Kier molecular flexibility index (Phi) is 6.24. The number of aryl methyl sites for hydroxylation is 1. The number of aliphatic hydroxyl groups is 1. The van der Waals surface area contributed by atoms with Crippen LogP contribution in [0.1, 0.15) is 92.7 Å². The Morgan fingerprint density at radius 2 is 1.74 bits per heavy atom.